The first-order chi connectivity index (χ1) is 8.47. The normalized spacial score (nSPS) is 10.7. The second-order valence-corrected chi connectivity index (χ2v) is 4.23. The molecule has 0 rings (SSSR count). The Bertz CT molecular complexity index is 255. The minimum atomic E-state index is -0.913. The van der Waals surface area contributed by atoms with E-state index in [2.05, 4.69) is 0 Å². The SMILES string of the molecule is COCC(=O)N(CCCOC(C)C)CCC(=O)O. The van der Waals surface area contributed by atoms with Crippen molar-refractivity contribution in [3.05, 3.63) is 0 Å². The molecule has 0 aromatic rings. The molecule has 6 nitrogen and oxygen atoms in total. The molecule has 0 unspecified atom stereocenters. The van der Waals surface area contributed by atoms with Crippen LogP contribution >= 0.6 is 0 Å². The topological polar surface area (TPSA) is 76.1 Å². The van der Waals surface area contributed by atoms with Gasteiger partial charge in [0.1, 0.15) is 6.61 Å². The summed E-state index contributed by atoms with van der Waals surface area (Å²) in [5.74, 6) is -1.10. The van der Waals surface area contributed by atoms with Crippen molar-refractivity contribution < 1.29 is 24.2 Å². The molecule has 0 atom stereocenters. The molecular weight excluding hydrogens is 238 g/mol. The fourth-order valence-corrected chi connectivity index (χ4v) is 1.38. The number of carboxylic acid groups (broad SMARTS) is 1. The van der Waals surface area contributed by atoms with E-state index in [4.69, 9.17) is 14.6 Å². The summed E-state index contributed by atoms with van der Waals surface area (Å²) in [4.78, 5) is 23.7. The van der Waals surface area contributed by atoms with Gasteiger partial charge in [-0.05, 0) is 20.3 Å². The number of hydrogen-bond donors (Lipinski definition) is 1. The van der Waals surface area contributed by atoms with Crippen LogP contribution in [-0.4, -0.2) is 61.4 Å². The quantitative estimate of drug-likeness (QED) is 0.587. The fraction of sp³-hybridized carbons (Fsp3) is 0.833. The number of nitrogens with zero attached hydrogens (tertiary/aromatic N) is 1. The van der Waals surface area contributed by atoms with E-state index in [9.17, 15) is 9.59 Å². The zero-order valence-corrected chi connectivity index (χ0v) is 11.3. The fourth-order valence-electron chi connectivity index (χ4n) is 1.38. The maximum absolute atomic E-state index is 11.7. The van der Waals surface area contributed by atoms with Crippen molar-refractivity contribution in [1.29, 1.82) is 0 Å². The summed E-state index contributed by atoms with van der Waals surface area (Å²) >= 11 is 0. The van der Waals surface area contributed by atoms with Crippen LogP contribution in [0.15, 0.2) is 0 Å². The Morgan fingerprint density at radius 2 is 1.94 bits per heavy atom. The van der Waals surface area contributed by atoms with Crippen molar-refractivity contribution in [1.82, 2.24) is 4.90 Å². The number of methoxy groups -OCH3 is 1. The first-order valence-corrected chi connectivity index (χ1v) is 6.07. The van der Waals surface area contributed by atoms with Crippen molar-refractivity contribution in [3.63, 3.8) is 0 Å². The molecule has 0 aliphatic carbocycles. The molecule has 0 heterocycles. The molecule has 0 aliphatic rings. The average molecular weight is 261 g/mol. The molecule has 1 N–H and O–H groups in total. The Hall–Kier alpha value is -1.14. The number of carbonyl (C=O) groups excluding carboxylic acids is 1. The van der Waals surface area contributed by atoms with Gasteiger partial charge in [0.2, 0.25) is 5.91 Å². The van der Waals surface area contributed by atoms with Gasteiger partial charge < -0.3 is 19.5 Å². The predicted molar refractivity (Wildman–Crippen MR) is 66.4 cm³/mol. The maximum Gasteiger partial charge on any atom is 0.305 e. The van der Waals surface area contributed by atoms with Crippen LogP contribution in [0.3, 0.4) is 0 Å². The minimum Gasteiger partial charge on any atom is -0.481 e. The molecule has 0 aliphatic heterocycles. The van der Waals surface area contributed by atoms with E-state index >= 15 is 0 Å². The van der Waals surface area contributed by atoms with Crippen LogP contribution < -0.4 is 0 Å². The number of aliphatic carboxylic acids is 1. The molecular formula is C12H23NO5. The van der Waals surface area contributed by atoms with Crippen LogP contribution in [0.5, 0.6) is 0 Å². The summed E-state index contributed by atoms with van der Waals surface area (Å²) in [7, 11) is 1.44. The highest BCUT2D eigenvalue weighted by Gasteiger charge is 2.14. The van der Waals surface area contributed by atoms with E-state index in [1.165, 1.54) is 12.0 Å². The lowest BCUT2D eigenvalue weighted by Crippen LogP contribution is -2.36. The third kappa shape index (κ3) is 8.95. The van der Waals surface area contributed by atoms with Crippen LogP contribution in [0.4, 0.5) is 0 Å². The third-order valence-corrected chi connectivity index (χ3v) is 2.24. The van der Waals surface area contributed by atoms with E-state index in [0.717, 1.165) is 0 Å². The standard InChI is InChI=1S/C12H23NO5/c1-10(2)18-8-4-6-13(7-5-12(15)16)11(14)9-17-3/h10H,4-9H2,1-3H3,(H,15,16). The van der Waals surface area contributed by atoms with Gasteiger partial charge in [0.05, 0.1) is 12.5 Å². The van der Waals surface area contributed by atoms with Crippen LogP contribution in [-0.2, 0) is 19.1 Å². The maximum atomic E-state index is 11.7. The van der Waals surface area contributed by atoms with Gasteiger partial charge in [0, 0.05) is 26.8 Å². The summed E-state index contributed by atoms with van der Waals surface area (Å²) in [6, 6.07) is 0. The molecule has 106 valence electrons. The van der Waals surface area contributed by atoms with Gasteiger partial charge in [-0.25, -0.2) is 0 Å². The molecule has 0 saturated carbocycles. The molecule has 0 spiro atoms. The lowest BCUT2D eigenvalue weighted by molar-refractivity contribution is -0.139. The largest absolute Gasteiger partial charge is 0.481 e. The second-order valence-electron chi connectivity index (χ2n) is 4.23. The Labute approximate surface area is 108 Å². The molecule has 0 bridgehead atoms. The Morgan fingerprint density at radius 1 is 1.28 bits per heavy atom. The van der Waals surface area contributed by atoms with E-state index in [-0.39, 0.29) is 31.6 Å². The molecule has 0 aromatic heterocycles. The minimum absolute atomic E-state index is 0.0232. The second kappa shape index (κ2) is 9.85. The van der Waals surface area contributed by atoms with Gasteiger partial charge in [0.15, 0.2) is 0 Å². The predicted octanol–water partition coefficient (Wildman–Crippen LogP) is 0.751. The average Bonchev–Trinajstić information content (AvgIpc) is 2.27. The highest BCUT2D eigenvalue weighted by atomic mass is 16.5. The number of rotatable bonds is 10. The molecule has 18 heavy (non-hydrogen) atoms. The first kappa shape index (κ1) is 16.9. The highest BCUT2D eigenvalue weighted by Crippen LogP contribution is 1.98. The van der Waals surface area contributed by atoms with Gasteiger partial charge in [-0.1, -0.05) is 0 Å². The van der Waals surface area contributed by atoms with Gasteiger partial charge in [-0.2, -0.15) is 0 Å². The van der Waals surface area contributed by atoms with E-state index < -0.39 is 5.97 Å². The summed E-state index contributed by atoms with van der Waals surface area (Å²) < 4.78 is 10.1. The lowest BCUT2D eigenvalue weighted by Gasteiger charge is -2.21. The van der Waals surface area contributed by atoms with Crippen molar-refractivity contribution >= 4 is 11.9 Å². The Kier molecular flexibility index (Phi) is 9.22. The Morgan fingerprint density at radius 3 is 2.44 bits per heavy atom. The van der Waals surface area contributed by atoms with Crippen molar-refractivity contribution in [2.75, 3.05) is 33.4 Å². The van der Waals surface area contributed by atoms with Crippen molar-refractivity contribution in [2.24, 2.45) is 0 Å². The molecule has 6 heteroatoms. The van der Waals surface area contributed by atoms with Crippen LogP contribution in [0.25, 0.3) is 0 Å². The summed E-state index contributed by atoms with van der Waals surface area (Å²) in [5.41, 5.74) is 0. The monoisotopic (exact) mass is 261 g/mol. The van der Waals surface area contributed by atoms with Gasteiger partial charge in [-0.3, -0.25) is 9.59 Å². The first-order valence-electron chi connectivity index (χ1n) is 6.07. The number of carboxylic acids is 1. The highest BCUT2D eigenvalue weighted by molar-refractivity contribution is 5.78. The number of amides is 1. The number of ether oxygens (including phenoxy) is 2. The Balaban J connectivity index is 4.03. The molecule has 0 fully saturated rings. The zero-order chi connectivity index (χ0) is 14.0. The number of carbonyl (C=O) groups is 2. The molecule has 0 radical (unpaired) electrons. The summed E-state index contributed by atoms with van der Waals surface area (Å²) in [6.07, 6.45) is 0.792. The summed E-state index contributed by atoms with van der Waals surface area (Å²) in [5, 5.41) is 8.62. The molecule has 0 saturated heterocycles. The van der Waals surface area contributed by atoms with Crippen LogP contribution in [0, 0.1) is 0 Å². The smallest absolute Gasteiger partial charge is 0.305 e. The summed E-state index contributed by atoms with van der Waals surface area (Å²) in [6.45, 7) is 5.12. The van der Waals surface area contributed by atoms with Crippen LogP contribution in [0.1, 0.15) is 26.7 Å². The van der Waals surface area contributed by atoms with Crippen LogP contribution in [0.2, 0.25) is 0 Å². The van der Waals surface area contributed by atoms with E-state index in [1.807, 2.05) is 13.8 Å². The van der Waals surface area contributed by atoms with Gasteiger partial charge in [0.25, 0.3) is 0 Å². The number of hydrogen-bond acceptors (Lipinski definition) is 4. The van der Waals surface area contributed by atoms with Crippen molar-refractivity contribution in [2.45, 2.75) is 32.8 Å². The van der Waals surface area contributed by atoms with Crippen molar-refractivity contribution in [3.8, 4) is 0 Å². The zero-order valence-electron chi connectivity index (χ0n) is 11.3. The van der Waals surface area contributed by atoms with E-state index in [0.29, 0.717) is 19.6 Å². The third-order valence-electron chi connectivity index (χ3n) is 2.24. The molecule has 0 aromatic carbocycles. The van der Waals surface area contributed by atoms with Gasteiger partial charge >= 0.3 is 5.97 Å². The van der Waals surface area contributed by atoms with E-state index in [1.54, 1.807) is 0 Å². The van der Waals surface area contributed by atoms with Gasteiger partial charge in [-0.15, -0.1) is 0 Å². The lowest BCUT2D eigenvalue weighted by atomic mass is 10.3. The molecule has 1 amide bonds.